The van der Waals surface area contributed by atoms with Crippen LogP contribution in [0.1, 0.15) is 27.2 Å². The Labute approximate surface area is 172 Å². The zero-order chi connectivity index (χ0) is 20.8. The van der Waals surface area contributed by atoms with E-state index in [9.17, 15) is 9.59 Å². The number of likely N-dealkylation sites (tertiary alicyclic amines) is 1. The van der Waals surface area contributed by atoms with Gasteiger partial charge < -0.3 is 9.64 Å². The van der Waals surface area contributed by atoms with Gasteiger partial charge in [-0.1, -0.05) is 0 Å². The first-order valence-electron chi connectivity index (χ1n) is 9.36. The summed E-state index contributed by atoms with van der Waals surface area (Å²) in [5, 5.41) is 9.19. The van der Waals surface area contributed by atoms with Crippen molar-refractivity contribution in [2.75, 3.05) is 19.0 Å². The fourth-order valence-electron chi connectivity index (χ4n) is 3.44. The number of anilines is 1. The largest absolute Gasteiger partial charge is 0.497 e. The van der Waals surface area contributed by atoms with Crippen LogP contribution in [0.3, 0.4) is 0 Å². The third-order valence-electron chi connectivity index (χ3n) is 5.01. The summed E-state index contributed by atoms with van der Waals surface area (Å²) >= 11 is 1.45. The maximum atomic E-state index is 12.7. The van der Waals surface area contributed by atoms with Crippen LogP contribution in [0.25, 0.3) is 16.2 Å². The van der Waals surface area contributed by atoms with E-state index >= 15 is 0 Å². The summed E-state index contributed by atoms with van der Waals surface area (Å²) in [4.78, 5) is 31.7. The first kappa shape index (κ1) is 19.4. The van der Waals surface area contributed by atoms with Gasteiger partial charge in [-0.2, -0.15) is 4.98 Å². The maximum Gasteiger partial charge on any atom is 0.250 e. The van der Waals surface area contributed by atoms with Crippen LogP contribution in [0.15, 0.2) is 29.6 Å². The van der Waals surface area contributed by atoms with Gasteiger partial charge in [0.2, 0.25) is 22.7 Å². The molecule has 9 heteroatoms. The van der Waals surface area contributed by atoms with E-state index in [4.69, 9.17) is 4.74 Å². The van der Waals surface area contributed by atoms with Crippen molar-refractivity contribution in [2.45, 2.75) is 32.7 Å². The van der Waals surface area contributed by atoms with Crippen LogP contribution < -0.4 is 10.1 Å². The molecule has 1 aliphatic rings. The van der Waals surface area contributed by atoms with Crippen LogP contribution in [0, 0.1) is 5.92 Å². The molecular weight excluding hydrogens is 390 g/mol. The number of aromatic nitrogens is 3. The summed E-state index contributed by atoms with van der Waals surface area (Å²) in [7, 11) is 1.63. The Hall–Kier alpha value is -2.94. The molecule has 0 spiro atoms. The van der Waals surface area contributed by atoms with E-state index in [0.717, 1.165) is 17.0 Å². The van der Waals surface area contributed by atoms with Crippen molar-refractivity contribution in [3.8, 4) is 17.0 Å². The second-order valence-corrected chi connectivity index (χ2v) is 8.88. The predicted molar refractivity (Wildman–Crippen MR) is 111 cm³/mol. The summed E-state index contributed by atoms with van der Waals surface area (Å²) in [5.74, 6) is 0.400. The van der Waals surface area contributed by atoms with Gasteiger partial charge in [-0.25, -0.2) is 4.52 Å². The lowest BCUT2D eigenvalue weighted by molar-refractivity contribution is -0.131. The fourth-order valence-corrected chi connectivity index (χ4v) is 4.27. The molecule has 152 valence electrons. The lowest BCUT2D eigenvalue weighted by Gasteiger charge is -2.31. The highest BCUT2D eigenvalue weighted by Gasteiger charge is 2.39. The summed E-state index contributed by atoms with van der Waals surface area (Å²) < 4.78 is 6.91. The first-order valence-corrected chi connectivity index (χ1v) is 10.2. The molecule has 2 aromatic heterocycles. The number of ether oxygens (including phenoxy) is 1. The molecule has 0 bridgehead atoms. The Morgan fingerprint density at radius 3 is 2.62 bits per heavy atom. The van der Waals surface area contributed by atoms with Gasteiger partial charge in [-0.15, -0.1) is 16.4 Å². The summed E-state index contributed by atoms with van der Waals surface area (Å²) in [6, 6.07) is 7.67. The summed E-state index contributed by atoms with van der Waals surface area (Å²) in [5.41, 5.74) is 1.56. The highest BCUT2D eigenvalue weighted by molar-refractivity contribution is 7.15. The number of amides is 2. The van der Waals surface area contributed by atoms with Crippen molar-refractivity contribution in [3.05, 3.63) is 29.6 Å². The second kappa shape index (κ2) is 7.14. The van der Waals surface area contributed by atoms with Crippen molar-refractivity contribution < 1.29 is 14.3 Å². The first-order chi connectivity index (χ1) is 13.8. The Bertz CT molecular complexity index is 1060. The van der Waals surface area contributed by atoms with E-state index in [2.05, 4.69) is 15.4 Å². The maximum absolute atomic E-state index is 12.7. The molecule has 1 aliphatic heterocycles. The van der Waals surface area contributed by atoms with Crippen molar-refractivity contribution in [2.24, 2.45) is 5.92 Å². The Kier molecular flexibility index (Phi) is 4.77. The number of carbonyl (C=O) groups excluding carboxylic acids is 2. The molecule has 1 fully saturated rings. The van der Waals surface area contributed by atoms with Crippen LogP contribution >= 0.6 is 11.3 Å². The van der Waals surface area contributed by atoms with Crippen molar-refractivity contribution >= 4 is 34.1 Å². The third kappa shape index (κ3) is 3.69. The SMILES string of the molecule is COc1ccc(-c2csc3nc(NC(=O)C4CC(=O)N(C(C)(C)C)C4)nn23)cc1. The zero-order valence-corrected chi connectivity index (χ0v) is 17.6. The number of nitrogens with one attached hydrogen (secondary N) is 1. The van der Waals surface area contributed by atoms with Crippen molar-refractivity contribution in [1.82, 2.24) is 19.5 Å². The van der Waals surface area contributed by atoms with Gasteiger partial charge >= 0.3 is 0 Å². The molecule has 1 saturated heterocycles. The minimum atomic E-state index is -0.399. The second-order valence-electron chi connectivity index (χ2n) is 8.04. The summed E-state index contributed by atoms with van der Waals surface area (Å²) in [6.45, 7) is 6.32. The minimum Gasteiger partial charge on any atom is -0.497 e. The molecule has 2 amide bonds. The number of carbonyl (C=O) groups is 2. The van der Waals surface area contributed by atoms with E-state index in [0.29, 0.717) is 11.5 Å². The molecule has 1 unspecified atom stereocenters. The molecular formula is C20H23N5O3S. The van der Waals surface area contributed by atoms with Crippen LogP contribution in [0.2, 0.25) is 0 Å². The minimum absolute atomic E-state index is 0.00164. The Balaban J connectivity index is 1.51. The Morgan fingerprint density at radius 2 is 2.00 bits per heavy atom. The molecule has 0 aliphatic carbocycles. The Morgan fingerprint density at radius 1 is 1.28 bits per heavy atom. The molecule has 29 heavy (non-hydrogen) atoms. The van der Waals surface area contributed by atoms with Crippen LogP contribution in [0.5, 0.6) is 5.75 Å². The number of methoxy groups -OCH3 is 1. The quantitative estimate of drug-likeness (QED) is 0.710. The van der Waals surface area contributed by atoms with Crippen LogP contribution in [-0.4, -0.2) is 50.5 Å². The molecule has 4 rings (SSSR count). The monoisotopic (exact) mass is 413 g/mol. The fraction of sp³-hybridized carbons (Fsp3) is 0.400. The van der Waals surface area contributed by atoms with Crippen LogP contribution in [-0.2, 0) is 9.59 Å². The third-order valence-corrected chi connectivity index (χ3v) is 5.82. The van der Waals surface area contributed by atoms with E-state index in [1.165, 1.54) is 11.3 Å². The van der Waals surface area contributed by atoms with Gasteiger partial charge in [0.25, 0.3) is 0 Å². The number of hydrogen-bond donors (Lipinski definition) is 1. The topological polar surface area (TPSA) is 88.8 Å². The van der Waals surface area contributed by atoms with Gasteiger partial charge in [0, 0.05) is 29.4 Å². The molecule has 0 radical (unpaired) electrons. The normalized spacial score (nSPS) is 17.2. The number of rotatable bonds is 4. The van der Waals surface area contributed by atoms with Gasteiger partial charge in [-0.3, -0.25) is 14.9 Å². The highest BCUT2D eigenvalue weighted by Crippen LogP contribution is 2.29. The molecule has 1 aromatic carbocycles. The predicted octanol–water partition coefficient (Wildman–Crippen LogP) is 3.05. The number of benzene rings is 1. The lowest BCUT2D eigenvalue weighted by Crippen LogP contribution is -2.42. The van der Waals surface area contributed by atoms with E-state index < -0.39 is 5.92 Å². The number of nitrogens with zero attached hydrogens (tertiary/aromatic N) is 4. The van der Waals surface area contributed by atoms with Crippen molar-refractivity contribution in [3.63, 3.8) is 0 Å². The average Bonchev–Trinajstić information content (AvgIpc) is 3.35. The van der Waals surface area contributed by atoms with E-state index in [-0.39, 0.29) is 29.7 Å². The van der Waals surface area contributed by atoms with Gasteiger partial charge in [0.05, 0.1) is 18.7 Å². The van der Waals surface area contributed by atoms with Gasteiger partial charge in [0.15, 0.2) is 0 Å². The molecule has 1 atom stereocenters. The lowest BCUT2D eigenvalue weighted by atomic mass is 10.1. The molecule has 0 saturated carbocycles. The molecule has 3 aromatic rings. The van der Waals surface area contributed by atoms with E-state index in [1.807, 2.05) is 50.4 Å². The molecule has 3 heterocycles. The van der Waals surface area contributed by atoms with Crippen LogP contribution in [0.4, 0.5) is 5.95 Å². The zero-order valence-electron chi connectivity index (χ0n) is 16.8. The number of thiazole rings is 1. The van der Waals surface area contributed by atoms with Gasteiger partial charge in [0.1, 0.15) is 5.75 Å². The smallest absolute Gasteiger partial charge is 0.250 e. The average molecular weight is 414 g/mol. The molecule has 1 N–H and O–H groups in total. The molecule has 8 nitrogen and oxygen atoms in total. The van der Waals surface area contributed by atoms with Crippen molar-refractivity contribution in [1.29, 1.82) is 0 Å². The standard InChI is InChI=1S/C20H23N5O3S/c1-20(2,3)24-10-13(9-16(24)26)17(27)21-18-22-19-25(23-18)15(11-29-19)12-5-7-14(28-4)8-6-12/h5-8,11,13H,9-10H2,1-4H3,(H,21,23,27). The highest BCUT2D eigenvalue weighted by atomic mass is 32.1. The van der Waals surface area contributed by atoms with Gasteiger partial charge in [-0.05, 0) is 45.0 Å². The summed E-state index contributed by atoms with van der Waals surface area (Å²) in [6.07, 6.45) is 0.211. The number of hydrogen-bond acceptors (Lipinski definition) is 6. The van der Waals surface area contributed by atoms with E-state index in [1.54, 1.807) is 16.5 Å². The number of fused-ring (bicyclic) bond motifs is 1.